The number of anilines is 1. The van der Waals surface area contributed by atoms with E-state index in [9.17, 15) is 14.4 Å². The summed E-state index contributed by atoms with van der Waals surface area (Å²) in [6.07, 6.45) is 0.0698. The lowest BCUT2D eigenvalue weighted by Crippen LogP contribution is -2.32. The van der Waals surface area contributed by atoms with Gasteiger partial charge in [0, 0.05) is 18.7 Å². The van der Waals surface area contributed by atoms with Crippen molar-refractivity contribution < 1.29 is 14.4 Å². The van der Waals surface area contributed by atoms with E-state index in [-0.39, 0.29) is 30.7 Å². The molecule has 24 heavy (non-hydrogen) atoms. The fourth-order valence-corrected chi connectivity index (χ4v) is 2.40. The highest BCUT2D eigenvalue weighted by molar-refractivity contribution is 6.21. The van der Waals surface area contributed by atoms with Crippen molar-refractivity contribution in [2.75, 3.05) is 11.9 Å². The molecule has 0 radical (unpaired) electrons. The second kappa shape index (κ2) is 8.06. The van der Waals surface area contributed by atoms with Crippen molar-refractivity contribution in [3.8, 4) is 0 Å². The van der Waals surface area contributed by atoms with Crippen LogP contribution in [0.4, 0.5) is 5.69 Å². The third kappa shape index (κ3) is 3.68. The lowest BCUT2D eigenvalue weighted by atomic mass is 10.1. The Morgan fingerprint density at radius 1 is 0.875 bits per heavy atom. The van der Waals surface area contributed by atoms with Crippen molar-refractivity contribution in [1.82, 2.24) is 4.90 Å². The largest absolute Gasteiger partial charge is 0.326 e. The van der Waals surface area contributed by atoms with Gasteiger partial charge in [-0.3, -0.25) is 19.3 Å². The molecule has 1 aliphatic heterocycles. The quantitative estimate of drug-likeness (QED) is 0.877. The van der Waals surface area contributed by atoms with Crippen LogP contribution in [0.25, 0.3) is 0 Å². The van der Waals surface area contributed by atoms with Gasteiger partial charge in [0.1, 0.15) is 0 Å². The molecular weight excluding hydrogens is 304 g/mol. The molecule has 1 heterocycles. The number of benzene rings is 2. The molecule has 0 bridgehead atoms. The van der Waals surface area contributed by atoms with Crippen LogP contribution in [0.1, 0.15) is 41.0 Å². The van der Waals surface area contributed by atoms with Gasteiger partial charge in [-0.05, 0) is 24.3 Å². The van der Waals surface area contributed by atoms with Crippen LogP contribution >= 0.6 is 0 Å². The molecule has 124 valence electrons. The molecule has 0 atom stereocenters. The summed E-state index contributed by atoms with van der Waals surface area (Å²) in [5, 5.41) is 2.73. The van der Waals surface area contributed by atoms with Gasteiger partial charge >= 0.3 is 0 Å². The summed E-state index contributed by atoms with van der Waals surface area (Å²) in [7, 11) is 0. The Kier molecular flexibility index (Phi) is 5.84. The van der Waals surface area contributed by atoms with E-state index in [2.05, 4.69) is 5.32 Å². The second-order valence-electron chi connectivity index (χ2n) is 4.97. The van der Waals surface area contributed by atoms with Gasteiger partial charge in [0.05, 0.1) is 11.1 Å². The van der Waals surface area contributed by atoms with Crippen molar-refractivity contribution in [2.24, 2.45) is 0 Å². The molecule has 5 nitrogen and oxygen atoms in total. The maximum absolute atomic E-state index is 12.2. The number of hydrogen-bond acceptors (Lipinski definition) is 3. The second-order valence-corrected chi connectivity index (χ2v) is 4.97. The predicted octanol–water partition coefficient (Wildman–Crippen LogP) is 3.34. The van der Waals surface area contributed by atoms with Crippen LogP contribution in [-0.4, -0.2) is 29.2 Å². The maximum atomic E-state index is 12.2. The summed E-state index contributed by atoms with van der Waals surface area (Å²) < 4.78 is 0. The minimum atomic E-state index is -0.340. The smallest absolute Gasteiger partial charge is 0.261 e. The van der Waals surface area contributed by atoms with E-state index in [1.165, 1.54) is 0 Å². The predicted molar refractivity (Wildman–Crippen MR) is 92.8 cm³/mol. The first-order valence-corrected chi connectivity index (χ1v) is 7.97. The van der Waals surface area contributed by atoms with Crippen molar-refractivity contribution >= 4 is 23.4 Å². The van der Waals surface area contributed by atoms with Crippen molar-refractivity contribution in [1.29, 1.82) is 0 Å². The number of rotatable bonds is 4. The van der Waals surface area contributed by atoms with Gasteiger partial charge < -0.3 is 5.32 Å². The van der Waals surface area contributed by atoms with Crippen molar-refractivity contribution in [3.05, 3.63) is 65.7 Å². The van der Waals surface area contributed by atoms with Crippen LogP contribution in [0, 0.1) is 0 Å². The zero-order valence-corrected chi connectivity index (χ0v) is 13.8. The average Bonchev–Trinajstić information content (AvgIpc) is 2.87. The van der Waals surface area contributed by atoms with Crippen LogP contribution < -0.4 is 5.32 Å². The molecule has 0 fully saturated rings. The number of hydrogen-bond donors (Lipinski definition) is 1. The van der Waals surface area contributed by atoms with Crippen LogP contribution in [0.15, 0.2) is 54.6 Å². The Morgan fingerprint density at radius 2 is 1.38 bits per heavy atom. The fraction of sp³-hybridized carbons (Fsp3) is 0.211. The normalized spacial score (nSPS) is 12.3. The van der Waals surface area contributed by atoms with E-state index in [4.69, 9.17) is 0 Å². The fourth-order valence-electron chi connectivity index (χ4n) is 2.40. The number of nitrogens with one attached hydrogen (secondary N) is 1. The molecule has 0 saturated heterocycles. The van der Waals surface area contributed by atoms with Gasteiger partial charge in [0.15, 0.2) is 0 Å². The lowest BCUT2D eigenvalue weighted by molar-refractivity contribution is -0.116. The van der Waals surface area contributed by atoms with Crippen LogP contribution in [0.2, 0.25) is 0 Å². The highest BCUT2D eigenvalue weighted by atomic mass is 16.2. The topological polar surface area (TPSA) is 66.5 Å². The van der Waals surface area contributed by atoms with Crippen molar-refractivity contribution in [3.63, 3.8) is 0 Å². The minimum absolute atomic E-state index is 0.0698. The number of carbonyl (C=O) groups is 3. The summed E-state index contributed by atoms with van der Waals surface area (Å²) >= 11 is 0. The number of nitrogens with zero attached hydrogens (tertiary/aromatic N) is 1. The van der Waals surface area contributed by atoms with Gasteiger partial charge in [0.2, 0.25) is 5.91 Å². The first-order valence-electron chi connectivity index (χ1n) is 7.97. The molecule has 3 rings (SSSR count). The van der Waals surface area contributed by atoms with Gasteiger partial charge in [-0.2, -0.15) is 0 Å². The lowest BCUT2D eigenvalue weighted by Gasteiger charge is -2.13. The van der Waals surface area contributed by atoms with E-state index in [1.807, 2.05) is 32.0 Å². The molecule has 0 unspecified atom stereocenters. The SMILES string of the molecule is CC.O=C(CCN1C(=O)c2ccccc2C1=O)Nc1ccccc1. The highest BCUT2D eigenvalue weighted by Gasteiger charge is 2.34. The van der Waals surface area contributed by atoms with E-state index >= 15 is 0 Å². The molecule has 0 aliphatic carbocycles. The van der Waals surface area contributed by atoms with E-state index < -0.39 is 0 Å². The molecule has 0 aromatic heterocycles. The molecule has 1 N–H and O–H groups in total. The average molecular weight is 324 g/mol. The number of amides is 3. The molecule has 3 amide bonds. The third-order valence-electron chi connectivity index (χ3n) is 3.50. The zero-order chi connectivity index (χ0) is 17.5. The molecule has 0 saturated carbocycles. The first-order chi connectivity index (χ1) is 11.7. The van der Waals surface area contributed by atoms with E-state index in [0.29, 0.717) is 16.8 Å². The standard InChI is InChI=1S/C17H14N2O3.C2H6/c20-15(18-12-6-2-1-3-7-12)10-11-19-16(21)13-8-4-5-9-14(13)17(19)22;1-2/h1-9H,10-11H2,(H,18,20);1-2H3. The Morgan fingerprint density at radius 3 is 1.92 bits per heavy atom. The van der Waals surface area contributed by atoms with Crippen LogP contribution in [0.5, 0.6) is 0 Å². The monoisotopic (exact) mass is 324 g/mol. The summed E-state index contributed by atoms with van der Waals surface area (Å²) in [6.45, 7) is 4.07. The highest BCUT2D eigenvalue weighted by Crippen LogP contribution is 2.22. The summed E-state index contributed by atoms with van der Waals surface area (Å²) in [4.78, 5) is 37.3. The Hall–Kier alpha value is -2.95. The maximum Gasteiger partial charge on any atom is 0.261 e. The Labute approximate surface area is 141 Å². The molecule has 5 heteroatoms. The number of carbonyl (C=O) groups excluding carboxylic acids is 3. The number of para-hydroxylation sites is 1. The molecule has 1 aliphatic rings. The van der Waals surface area contributed by atoms with Gasteiger partial charge in [0.25, 0.3) is 11.8 Å². The van der Waals surface area contributed by atoms with Crippen LogP contribution in [0.3, 0.4) is 0 Å². The van der Waals surface area contributed by atoms with Gasteiger partial charge in [-0.25, -0.2) is 0 Å². The summed E-state index contributed by atoms with van der Waals surface area (Å²) in [6, 6.07) is 15.7. The minimum Gasteiger partial charge on any atom is -0.326 e. The summed E-state index contributed by atoms with van der Waals surface area (Å²) in [5.41, 5.74) is 1.49. The number of fused-ring (bicyclic) bond motifs is 1. The Bertz CT molecular complexity index is 706. The van der Waals surface area contributed by atoms with E-state index in [1.54, 1.807) is 36.4 Å². The zero-order valence-electron chi connectivity index (χ0n) is 13.8. The molecule has 2 aromatic rings. The molecular formula is C19H20N2O3. The van der Waals surface area contributed by atoms with Gasteiger partial charge in [-0.15, -0.1) is 0 Å². The van der Waals surface area contributed by atoms with E-state index in [0.717, 1.165) is 4.90 Å². The van der Waals surface area contributed by atoms with Gasteiger partial charge in [-0.1, -0.05) is 44.2 Å². The van der Waals surface area contributed by atoms with Crippen LogP contribution in [-0.2, 0) is 4.79 Å². The molecule has 2 aromatic carbocycles. The Balaban J connectivity index is 0.00000100. The summed E-state index contributed by atoms with van der Waals surface area (Å²) in [5.74, 6) is -0.913. The molecule has 0 spiro atoms. The van der Waals surface area contributed by atoms with Crippen molar-refractivity contribution in [2.45, 2.75) is 20.3 Å². The number of imide groups is 1. The first kappa shape index (κ1) is 17.4. The third-order valence-corrected chi connectivity index (χ3v) is 3.50.